The van der Waals surface area contributed by atoms with Crippen LogP contribution < -0.4 is 5.32 Å². The van der Waals surface area contributed by atoms with Gasteiger partial charge in [0.25, 0.3) is 5.91 Å². The van der Waals surface area contributed by atoms with Crippen LogP contribution in [0.4, 0.5) is 5.69 Å². The van der Waals surface area contributed by atoms with Crippen LogP contribution in [0.1, 0.15) is 33.6 Å². The fourth-order valence-electron chi connectivity index (χ4n) is 2.36. The van der Waals surface area contributed by atoms with Crippen LogP contribution in [0.25, 0.3) is 0 Å². The van der Waals surface area contributed by atoms with Crippen LogP contribution in [-0.2, 0) is 11.3 Å². The van der Waals surface area contributed by atoms with E-state index in [-0.39, 0.29) is 11.7 Å². The number of carbonyl (C=O) groups is 2. The zero-order valence-electron chi connectivity index (χ0n) is 14.8. The highest BCUT2D eigenvalue weighted by atomic mass is 32.2. The molecule has 9 heteroatoms. The first-order chi connectivity index (χ1) is 13.1. The van der Waals surface area contributed by atoms with Crippen LogP contribution in [0.5, 0.6) is 0 Å². The normalized spacial score (nSPS) is 10.6. The summed E-state index contributed by atoms with van der Waals surface area (Å²) in [7, 11) is 1.29. The lowest BCUT2D eigenvalue weighted by atomic mass is 10.2. The smallest absolute Gasteiger partial charge is 0.373 e. The van der Waals surface area contributed by atoms with E-state index in [1.54, 1.807) is 47.5 Å². The molecule has 0 bridgehead atoms. The molecular formula is C18H18N4O4S. The third-order valence-corrected chi connectivity index (χ3v) is 4.44. The Kier molecular flexibility index (Phi) is 5.92. The quantitative estimate of drug-likeness (QED) is 0.492. The van der Waals surface area contributed by atoms with Crippen molar-refractivity contribution in [2.24, 2.45) is 0 Å². The van der Waals surface area contributed by atoms with Crippen LogP contribution in [0, 0.1) is 0 Å². The number of rotatable bonds is 7. The van der Waals surface area contributed by atoms with Gasteiger partial charge >= 0.3 is 5.97 Å². The SMILES string of the molecule is CCSc1ncccc1C(=O)Nc1cnn(Cc2ccc(C(=O)OC)o2)c1. The summed E-state index contributed by atoms with van der Waals surface area (Å²) in [5.74, 6) is 0.721. The molecule has 0 fully saturated rings. The van der Waals surface area contributed by atoms with Gasteiger partial charge in [0, 0.05) is 12.4 Å². The lowest BCUT2D eigenvalue weighted by Gasteiger charge is -2.06. The maximum Gasteiger partial charge on any atom is 0.373 e. The summed E-state index contributed by atoms with van der Waals surface area (Å²) in [5, 5.41) is 7.70. The number of ether oxygens (including phenoxy) is 1. The molecule has 27 heavy (non-hydrogen) atoms. The molecule has 0 aliphatic heterocycles. The van der Waals surface area contributed by atoms with Crippen molar-refractivity contribution in [1.29, 1.82) is 0 Å². The molecule has 0 aromatic carbocycles. The van der Waals surface area contributed by atoms with E-state index in [0.29, 0.717) is 28.6 Å². The van der Waals surface area contributed by atoms with Crippen LogP contribution >= 0.6 is 11.8 Å². The Morgan fingerprint density at radius 1 is 1.33 bits per heavy atom. The number of hydrogen-bond acceptors (Lipinski definition) is 7. The number of methoxy groups -OCH3 is 1. The third kappa shape index (κ3) is 4.56. The molecule has 0 atom stereocenters. The fourth-order valence-corrected chi connectivity index (χ4v) is 3.09. The summed E-state index contributed by atoms with van der Waals surface area (Å²) in [4.78, 5) is 28.2. The van der Waals surface area contributed by atoms with Gasteiger partial charge in [-0.3, -0.25) is 9.48 Å². The zero-order chi connectivity index (χ0) is 19.2. The van der Waals surface area contributed by atoms with Crippen molar-refractivity contribution < 1.29 is 18.7 Å². The third-order valence-electron chi connectivity index (χ3n) is 3.55. The van der Waals surface area contributed by atoms with Gasteiger partial charge in [-0.15, -0.1) is 11.8 Å². The number of anilines is 1. The maximum absolute atomic E-state index is 12.5. The summed E-state index contributed by atoms with van der Waals surface area (Å²) < 4.78 is 11.6. The van der Waals surface area contributed by atoms with Crippen LogP contribution in [-0.4, -0.2) is 39.5 Å². The van der Waals surface area contributed by atoms with Crippen molar-refractivity contribution in [3.8, 4) is 0 Å². The highest BCUT2D eigenvalue weighted by Crippen LogP contribution is 2.21. The lowest BCUT2D eigenvalue weighted by molar-refractivity contribution is 0.0562. The Balaban J connectivity index is 1.67. The molecule has 3 aromatic heterocycles. The van der Waals surface area contributed by atoms with Gasteiger partial charge in [-0.05, 0) is 30.0 Å². The Morgan fingerprint density at radius 2 is 2.19 bits per heavy atom. The molecule has 0 spiro atoms. The highest BCUT2D eigenvalue weighted by molar-refractivity contribution is 7.99. The molecule has 0 saturated carbocycles. The van der Waals surface area contributed by atoms with Crippen molar-refractivity contribution in [2.75, 3.05) is 18.2 Å². The maximum atomic E-state index is 12.5. The second-order valence-corrected chi connectivity index (χ2v) is 6.68. The zero-order valence-corrected chi connectivity index (χ0v) is 15.7. The molecule has 0 saturated heterocycles. The van der Waals surface area contributed by atoms with E-state index in [1.165, 1.54) is 18.9 Å². The summed E-state index contributed by atoms with van der Waals surface area (Å²) in [5.41, 5.74) is 1.07. The minimum atomic E-state index is -0.535. The van der Waals surface area contributed by atoms with Gasteiger partial charge in [0.05, 0.1) is 31.1 Å². The number of pyridine rings is 1. The Bertz CT molecular complexity index is 950. The molecule has 0 radical (unpaired) electrons. The first-order valence-corrected chi connectivity index (χ1v) is 9.18. The molecule has 8 nitrogen and oxygen atoms in total. The lowest BCUT2D eigenvalue weighted by Crippen LogP contribution is -2.13. The second-order valence-electron chi connectivity index (χ2n) is 5.43. The predicted octanol–water partition coefficient (Wildman–Crippen LogP) is 3.07. The predicted molar refractivity (Wildman–Crippen MR) is 100.0 cm³/mol. The number of nitrogens with one attached hydrogen (secondary N) is 1. The number of furan rings is 1. The van der Waals surface area contributed by atoms with E-state index >= 15 is 0 Å². The average molecular weight is 386 g/mol. The second kappa shape index (κ2) is 8.54. The van der Waals surface area contributed by atoms with Crippen molar-refractivity contribution in [3.63, 3.8) is 0 Å². The topological polar surface area (TPSA) is 99.2 Å². The number of carbonyl (C=O) groups excluding carboxylic acids is 2. The van der Waals surface area contributed by atoms with Crippen LogP contribution in [0.3, 0.4) is 0 Å². The van der Waals surface area contributed by atoms with Gasteiger partial charge in [-0.1, -0.05) is 6.92 Å². The Morgan fingerprint density at radius 3 is 2.96 bits per heavy atom. The molecule has 3 aromatic rings. The number of amides is 1. The first-order valence-electron chi connectivity index (χ1n) is 8.19. The molecule has 0 aliphatic carbocycles. The van der Waals surface area contributed by atoms with Crippen molar-refractivity contribution in [2.45, 2.75) is 18.5 Å². The minimum Gasteiger partial charge on any atom is -0.463 e. The van der Waals surface area contributed by atoms with E-state index < -0.39 is 5.97 Å². The van der Waals surface area contributed by atoms with Gasteiger partial charge in [0.1, 0.15) is 10.8 Å². The summed E-state index contributed by atoms with van der Waals surface area (Å²) >= 11 is 1.51. The first kappa shape index (κ1) is 18.7. The largest absolute Gasteiger partial charge is 0.463 e. The van der Waals surface area contributed by atoms with Gasteiger partial charge in [0.2, 0.25) is 5.76 Å². The van der Waals surface area contributed by atoms with Gasteiger partial charge in [-0.2, -0.15) is 5.10 Å². The van der Waals surface area contributed by atoms with Crippen molar-refractivity contribution >= 4 is 29.3 Å². The fraction of sp³-hybridized carbons (Fsp3) is 0.222. The number of nitrogens with zero attached hydrogens (tertiary/aromatic N) is 3. The van der Waals surface area contributed by atoms with E-state index in [9.17, 15) is 9.59 Å². The van der Waals surface area contributed by atoms with Gasteiger partial charge in [0.15, 0.2) is 0 Å². The minimum absolute atomic E-state index is 0.130. The Labute approximate surface area is 159 Å². The molecular weight excluding hydrogens is 368 g/mol. The summed E-state index contributed by atoms with van der Waals surface area (Å²) in [6.45, 7) is 2.32. The average Bonchev–Trinajstić information content (AvgIpc) is 3.32. The number of hydrogen-bond donors (Lipinski definition) is 1. The van der Waals surface area contributed by atoms with E-state index in [0.717, 1.165) is 5.75 Å². The van der Waals surface area contributed by atoms with Crippen LogP contribution in [0.2, 0.25) is 0 Å². The number of thioether (sulfide) groups is 1. The van der Waals surface area contributed by atoms with Crippen molar-refractivity contribution in [1.82, 2.24) is 14.8 Å². The Hall–Kier alpha value is -3.07. The molecule has 0 aliphatic rings. The molecule has 140 valence electrons. The molecule has 1 N–H and O–H groups in total. The van der Waals surface area contributed by atoms with Gasteiger partial charge in [-0.25, -0.2) is 9.78 Å². The molecule has 0 unspecified atom stereocenters. The molecule has 3 rings (SSSR count). The highest BCUT2D eigenvalue weighted by Gasteiger charge is 2.14. The molecule has 3 heterocycles. The van der Waals surface area contributed by atoms with Gasteiger partial charge < -0.3 is 14.5 Å². The summed E-state index contributed by atoms with van der Waals surface area (Å²) in [6, 6.07) is 6.69. The summed E-state index contributed by atoms with van der Waals surface area (Å²) in [6.07, 6.45) is 4.89. The van der Waals surface area contributed by atoms with Crippen LogP contribution in [0.15, 0.2) is 52.3 Å². The monoisotopic (exact) mass is 386 g/mol. The van der Waals surface area contributed by atoms with E-state index in [2.05, 4.69) is 20.1 Å². The number of esters is 1. The van der Waals surface area contributed by atoms with E-state index in [4.69, 9.17) is 4.42 Å². The van der Waals surface area contributed by atoms with Crippen molar-refractivity contribution in [3.05, 3.63) is 59.9 Å². The standard InChI is InChI=1S/C18H18N4O4S/c1-3-27-17-14(5-4-8-19-17)16(23)21-12-9-20-22(10-12)11-13-6-7-15(26-13)18(24)25-2/h4-10H,3,11H2,1-2H3,(H,21,23). The number of aromatic nitrogens is 3. The van der Waals surface area contributed by atoms with E-state index in [1.807, 2.05) is 6.92 Å². The molecule has 1 amide bonds.